The molecule has 0 spiro atoms. The zero-order valence-electron chi connectivity index (χ0n) is 13.4. The average Bonchev–Trinajstić information content (AvgIpc) is 3.06. The van der Waals surface area contributed by atoms with E-state index in [0.29, 0.717) is 11.3 Å². The summed E-state index contributed by atoms with van der Waals surface area (Å²) in [6, 6.07) is 15.7. The highest BCUT2D eigenvalue weighted by molar-refractivity contribution is 7.80. The number of thiocarbonyl (C=S) groups is 1. The third kappa shape index (κ3) is 3.90. The third-order valence-corrected chi connectivity index (χ3v) is 3.58. The van der Waals surface area contributed by atoms with Crippen molar-refractivity contribution in [3.8, 4) is 16.9 Å². The summed E-state index contributed by atoms with van der Waals surface area (Å²) in [5.74, 6) is 0. The first-order valence-electron chi connectivity index (χ1n) is 7.53. The summed E-state index contributed by atoms with van der Waals surface area (Å²) in [7, 11) is 0. The Morgan fingerprint density at radius 1 is 1.23 bits per heavy atom. The molecule has 2 aromatic carbocycles. The Labute approximate surface area is 154 Å². The molecular formula is C17H14N6O2S. The summed E-state index contributed by atoms with van der Waals surface area (Å²) < 4.78 is 1.71. The highest BCUT2D eigenvalue weighted by Crippen LogP contribution is 2.25. The Hall–Kier alpha value is -3.59. The van der Waals surface area contributed by atoms with E-state index in [0.717, 1.165) is 11.3 Å². The van der Waals surface area contributed by atoms with Crippen LogP contribution in [0.3, 0.4) is 0 Å². The fraction of sp³-hybridized carbons (Fsp3) is 0. The van der Waals surface area contributed by atoms with Gasteiger partial charge in [0, 0.05) is 29.5 Å². The number of non-ortho nitro benzene ring substituents is 1. The van der Waals surface area contributed by atoms with Crippen molar-refractivity contribution < 1.29 is 4.92 Å². The molecule has 3 N–H and O–H groups in total. The van der Waals surface area contributed by atoms with Crippen LogP contribution in [0, 0.1) is 10.1 Å². The molecule has 0 unspecified atom stereocenters. The number of nitrogens with zero attached hydrogens (tertiary/aromatic N) is 4. The number of nitrogens with two attached hydrogens (primary N) is 1. The first-order valence-corrected chi connectivity index (χ1v) is 7.94. The maximum Gasteiger partial charge on any atom is 0.269 e. The van der Waals surface area contributed by atoms with Crippen molar-refractivity contribution in [2.75, 3.05) is 0 Å². The van der Waals surface area contributed by atoms with Crippen molar-refractivity contribution >= 4 is 29.2 Å². The standard InChI is InChI=1S/C17H14N6O2S/c18-17(26)20-19-10-13-11-22(14-4-2-1-3-5-14)21-16(13)12-6-8-15(9-7-12)23(24)25/h1-11H,(H3,18,20,26). The van der Waals surface area contributed by atoms with Gasteiger partial charge in [0.2, 0.25) is 0 Å². The smallest absolute Gasteiger partial charge is 0.269 e. The van der Waals surface area contributed by atoms with Gasteiger partial charge in [0.25, 0.3) is 5.69 Å². The molecule has 0 fully saturated rings. The lowest BCUT2D eigenvalue weighted by atomic mass is 10.1. The highest BCUT2D eigenvalue weighted by Gasteiger charge is 2.13. The summed E-state index contributed by atoms with van der Waals surface area (Å²) in [5, 5.41) is 19.5. The molecule has 0 atom stereocenters. The SMILES string of the molecule is NC(=S)NN=Cc1cn(-c2ccccc2)nc1-c1ccc([N+](=O)[O-])cc1. The minimum absolute atomic E-state index is 0.0154. The summed E-state index contributed by atoms with van der Waals surface area (Å²) in [6.45, 7) is 0. The number of benzene rings is 2. The second kappa shape index (κ2) is 7.53. The maximum atomic E-state index is 10.8. The normalized spacial score (nSPS) is 10.8. The van der Waals surface area contributed by atoms with Crippen LogP contribution in [-0.4, -0.2) is 26.0 Å². The molecule has 0 aliphatic rings. The van der Waals surface area contributed by atoms with E-state index < -0.39 is 4.92 Å². The minimum Gasteiger partial charge on any atom is -0.375 e. The van der Waals surface area contributed by atoms with Gasteiger partial charge in [-0.1, -0.05) is 18.2 Å². The molecule has 3 rings (SSSR count). The molecule has 0 aliphatic heterocycles. The quantitative estimate of drug-likeness (QED) is 0.311. The molecule has 26 heavy (non-hydrogen) atoms. The number of nitro groups is 1. The van der Waals surface area contributed by atoms with Crippen molar-refractivity contribution in [2.45, 2.75) is 0 Å². The number of nitrogens with one attached hydrogen (secondary N) is 1. The van der Waals surface area contributed by atoms with Gasteiger partial charge in [-0.3, -0.25) is 15.5 Å². The second-order valence-electron chi connectivity index (χ2n) is 5.25. The van der Waals surface area contributed by atoms with E-state index in [4.69, 9.17) is 18.0 Å². The lowest BCUT2D eigenvalue weighted by Gasteiger charge is -2.00. The van der Waals surface area contributed by atoms with E-state index >= 15 is 0 Å². The van der Waals surface area contributed by atoms with Crippen molar-refractivity contribution in [3.05, 3.63) is 76.5 Å². The second-order valence-corrected chi connectivity index (χ2v) is 5.69. The van der Waals surface area contributed by atoms with Crippen LogP contribution in [0.15, 0.2) is 65.9 Å². The zero-order chi connectivity index (χ0) is 18.5. The van der Waals surface area contributed by atoms with Gasteiger partial charge in [0.05, 0.1) is 16.8 Å². The number of hydrazone groups is 1. The molecule has 3 aromatic rings. The third-order valence-electron chi connectivity index (χ3n) is 3.49. The fourth-order valence-corrected chi connectivity index (χ4v) is 2.38. The first kappa shape index (κ1) is 17.2. The molecule has 9 heteroatoms. The van der Waals surface area contributed by atoms with Crippen molar-refractivity contribution in [2.24, 2.45) is 10.8 Å². The summed E-state index contributed by atoms with van der Waals surface area (Å²) >= 11 is 4.73. The van der Waals surface area contributed by atoms with E-state index in [1.165, 1.54) is 12.1 Å². The molecular weight excluding hydrogens is 352 g/mol. The molecule has 130 valence electrons. The Balaban J connectivity index is 2.03. The van der Waals surface area contributed by atoms with Crippen LogP contribution < -0.4 is 11.2 Å². The lowest BCUT2D eigenvalue weighted by Crippen LogP contribution is -2.24. The molecule has 8 nitrogen and oxygen atoms in total. The molecule has 0 saturated heterocycles. The Morgan fingerprint density at radius 2 is 1.92 bits per heavy atom. The summed E-state index contributed by atoms with van der Waals surface area (Å²) in [5.41, 5.74) is 10.8. The topological polar surface area (TPSA) is 111 Å². The molecule has 0 saturated carbocycles. The molecule has 0 bridgehead atoms. The summed E-state index contributed by atoms with van der Waals surface area (Å²) in [6.07, 6.45) is 3.35. The average molecular weight is 366 g/mol. The number of aromatic nitrogens is 2. The first-order chi connectivity index (χ1) is 12.5. The molecule has 1 aromatic heterocycles. The number of hydrogen-bond acceptors (Lipinski definition) is 5. The number of nitro benzene ring substituents is 1. The van der Waals surface area contributed by atoms with Gasteiger partial charge >= 0.3 is 0 Å². The number of para-hydroxylation sites is 1. The van der Waals surface area contributed by atoms with Gasteiger partial charge in [0.1, 0.15) is 5.69 Å². The number of hydrogen-bond donors (Lipinski definition) is 2. The molecule has 0 amide bonds. The fourth-order valence-electron chi connectivity index (χ4n) is 2.33. The molecule has 0 aliphatic carbocycles. The van der Waals surface area contributed by atoms with E-state index in [2.05, 4.69) is 15.6 Å². The van der Waals surface area contributed by atoms with Crippen molar-refractivity contribution in [1.29, 1.82) is 0 Å². The number of rotatable bonds is 5. The van der Waals surface area contributed by atoms with Gasteiger partial charge in [-0.05, 0) is 36.5 Å². The van der Waals surface area contributed by atoms with Gasteiger partial charge in [-0.2, -0.15) is 10.2 Å². The van der Waals surface area contributed by atoms with E-state index in [1.807, 2.05) is 30.3 Å². The molecule has 0 radical (unpaired) electrons. The monoisotopic (exact) mass is 366 g/mol. The lowest BCUT2D eigenvalue weighted by molar-refractivity contribution is -0.384. The van der Waals surface area contributed by atoms with Crippen LogP contribution in [-0.2, 0) is 0 Å². The largest absolute Gasteiger partial charge is 0.375 e. The Bertz CT molecular complexity index is 967. The minimum atomic E-state index is -0.444. The molecule has 1 heterocycles. The maximum absolute atomic E-state index is 10.8. The van der Waals surface area contributed by atoms with Gasteiger partial charge in [0.15, 0.2) is 5.11 Å². The van der Waals surface area contributed by atoms with Crippen LogP contribution in [0.25, 0.3) is 16.9 Å². The van der Waals surface area contributed by atoms with Crippen LogP contribution in [0.4, 0.5) is 5.69 Å². The predicted molar refractivity (Wildman–Crippen MR) is 103 cm³/mol. The van der Waals surface area contributed by atoms with E-state index in [9.17, 15) is 10.1 Å². The van der Waals surface area contributed by atoms with Gasteiger partial charge < -0.3 is 5.73 Å². The Kier molecular flexibility index (Phi) is 4.99. The summed E-state index contributed by atoms with van der Waals surface area (Å²) in [4.78, 5) is 10.4. The van der Waals surface area contributed by atoms with Gasteiger partial charge in [-0.15, -0.1) is 0 Å². The van der Waals surface area contributed by atoms with Gasteiger partial charge in [-0.25, -0.2) is 4.68 Å². The van der Waals surface area contributed by atoms with Crippen molar-refractivity contribution in [1.82, 2.24) is 15.2 Å². The van der Waals surface area contributed by atoms with Crippen molar-refractivity contribution in [3.63, 3.8) is 0 Å². The predicted octanol–water partition coefficient (Wildman–Crippen LogP) is 2.61. The van der Waals surface area contributed by atoms with Crippen LogP contribution in [0.2, 0.25) is 0 Å². The highest BCUT2D eigenvalue weighted by atomic mass is 32.1. The van der Waals surface area contributed by atoms with Crippen LogP contribution >= 0.6 is 12.2 Å². The zero-order valence-corrected chi connectivity index (χ0v) is 14.3. The van der Waals surface area contributed by atoms with E-state index in [1.54, 1.807) is 29.2 Å². The van der Waals surface area contributed by atoms with E-state index in [-0.39, 0.29) is 10.8 Å². The van der Waals surface area contributed by atoms with Crippen LogP contribution in [0.5, 0.6) is 0 Å². The van der Waals surface area contributed by atoms with Crippen LogP contribution in [0.1, 0.15) is 5.56 Å². The Morgan fingerprint density at radius 3 is 2.54 bits per heavy atom.